The minimum absolute atomic E-state index is 0.116. The predicted octanol–water partition coefficient (Wildman–Crippen LogP) is 4.06. The van der Waals surface area contributed by atoms with Crippen molar-refractivity contribution in [1.82, 2.24) is 14.9 Å². The standard InChI is InChI=1S/C18H23N3O2S.2C2HF3O2/c1-13-17(24-12-20-13)10-21-9-16(18-15(21)6-4-8-22-18)23-11-14-5-2-3-7-19-14;2*3-2(4,5)1(6)7/h2-3,5,7,12,15-16,18H,4,6,8-11H2,1H3;2*(H,6,7)/t15-,16+,18+;;/m1../s1. The van der Waals surface area contributed by atoms with Gasteiger partial charge in [-0.2, -0.15) is 26.3 Å². The normalized spacial score (nSPS) is 21.4. The first-order chi connectivity index (χ1) is 17.7. The summed E-state index contributed by atoms with van der Waals surface area (Å²) in [6.07, 6.45) is -5.74. The molecule has 2 aromatic rings. The van der Waals surface area contributed by atoms with Crippen LogP contribution in [-0.2, 0) is 32.2 Å². The van der Waals surface area contributed by atoms with Gasteiger partial charge in [-0.3, -0.25) is 9.88 Å². The highest BCUT2D eigenvalue weighted by molar-refractivity contribution is 7.09. The lowest BCUT2D eigenvalue weighted by atomic mass is 10.0. The number of thiazole rings is 1. The fourth-order valence-electron chi connectivity index (χ4n) is 3.67. The Morgan fingerprint density at radius 2 is 1.76 bits per heavy atom. The number of carboxylic acid groups (broad SMARTS) is 2. The van der Waals surface area contributed by atoms with E-state index in [1.165, 1.54) is 11.3 Å². The summed E-state index contributed by atoms with van der Waals surface area (Å²) in [6, 6.07) is 6.39. The summed E-state index contributed by atoms with van der Waals surface area (Å²) < 4.78 is 75.8. The zero-order chi connectivity index (χ0) is 28.5. The molecule has 0 radical (unpaired) electrons. The van der Waals surface area contributed by atoms with Crippen molar-refractivity contribution in [3.05, 3.63) is 46.2 Å². The SMILES string of the molecule is Cc1ncsc1CN1C[C@H](OCc2ccccn2)[C@H]2OCCC[C@H]21.O=C(O)C(F)(F)F.O=C(O)C(F)(F)F. The van der Waals surface area contributed by atoms with Crippen LogP contribution in [0.4, 0.5) is 26.3 Å². The van der Waals surface area contributed by atoms with Crippen LogP contribution in [0.25, 0.3) is 0 Å². The maximum absolute atomic E-state index is 10.6. The van der Waals surface area contributed by atoms with E-state index in [1.807, 2.05) is 29.9 Å². The van der Waals surface area contributed by atoms with Crippen LogP contribution in [0.1, 0.15) is 29.1 Å². The number of fused-ring (bicyclic) bond motifs is 1. The van der Waals surface area contributed by atoms with E-state index in [1.54, 1.807) is 11.3 Å². The van der Waals surface area contributed by atoms with Crippen LogP contribution in [-0.4, -0.2) is 80.8 Å². The number of ether oxygens (including phenoxy) is 2. The first-order valence-corrected chi connectivity index (χ1v) is 11.9. The number of carbonyl (C=O) groups is 2. The molecule has 4 heterocycles. The van der Waals surface area contributed by atoms with Crippen molar-refractivity contribution in [3.63, 3.8) is 0 Å². The maximum Gasteiger partial charge on any atom is 0.490 e. The third-order valence-corrected chi connectivity index (χ3v) is 6.35. The van der Waals surface area contributed by atoms with E-state index in [2.05, 4.69) is 21.8 Å². The Bertz CT molecular complexity index is 1010. The molecule has 0 bridgehead atoms. The molecule has 0 aromatic carbocycles. The largest absolute Gasteiger partial charge is 0.490 e. The van der Waals surface area contributed by atoms with Gasteiger partial charge < -0.3 is 19.7 Å². The molecule has 4 rings (SSSR count). The molecule has 212 valence electrons. The number of aryl methyl sites for hydroxylation is 1. The fourth-order valence-corrected chi connectivity index (χ4v) is 4.47. The average molecular weight is 574 g/mol. The van der Waals surface area contributed by atoms with Crippen molar-refractivity contribution < 1.29 is 55.6 Å². The van der Waals surface area contributed by atoms with Crippen LogP contribution < -0.4 is 0 Å². The lowest BCUT2D eigenvalue weighted by molar-refractivity contribution is -0.193. The molecule has 0 spiro atoms. The van der Waals surface area contributed by atoms with Crippen LogP contribution in [0.2, 0.25) is 0 Å². The molecule has 2 saturated heterocycles. The molecule has 9 nitrogen and oxygen atoms in total. The zero-order valence-electron chi connectivity index (χ0n) is 19.9. The highest BCUT2D eigenvalue weighted by atomic mass is 32.1. The summed E-state index contributed by atoms with van der Waals surface area (Å²) in [5, 5.41) is 14.2. The van der Waals surface area contributed by atoms with Crippen molar-refractivity contribution in [1.29, 1.82) is 0 Å². The number of nitrogens with zero attached hydrogens (tertiary/aromatic N) is 3. The Morgan fingerprint density at radius 3 is 2.26 bits per heavy atom. The highest BCUT2D eigenvalue weighted by Gasteiger charge is 2.45. The number of rotatable bonds is 5. The average Bonchev–Trinajstić information content (AvgIpc) is 3.41. The molecule has 2 aromatic heterocycles. The van der Waals surface area contributed by atoms with Gasteiger partial charge in [-0.15, -0.1) is 11.3 Å². The van der Waals surface area contributed by atoms with Crippen LogP contribution >= 0.6 is 11.3 Å². The molecule has 0 unspecified atom stereocenters. The van der Waals surface area contributed by atoms with Gasteiger partial charge in [-0.25, -0.2) is 14.6 Å². The number of carboxylic acids is 2. The van der Waals surface area contributed by atoms with Gasteiger partial charge >= 0.3 is 24.3 Å². The van der Waals surface area contributed by atoms with Crippen LogP contribution in [0.15, 0.2) is 29.9 Å². The van der Waals surface area contributed by atoms with Crippen molar-refractivity contribution in [2.24, 2.45) is 0 Å². The van der Waals surface area contributed by atoms with E-state index in [0.717, 1.165) is 37.5 Å². The van der Waals surface area contributed by atoms with Crippen LogP contribution in [0.3, 0.4) is 0 Å². The van der Waals surface area contributed by atoms with E-state index < -0.39 is 24.3 Å². The molecule has 3 atom stereocenters. The molecule has 0 aliphatic carbocycles. The maximum atomic E-state index is 10.6. The second-order valence-electron chi connectivity index (χ2n) is 8.11. The number of hydrogen-bond acceptors (Lipinski definition) is 8. The molecule has 2 N–H and O–H groups in total. The molecule has 16 heteroatoms. The Balaban J connectivity index is 0.000000301. The molecule has 0 amide bonds. The first-order valence-electron chi connectivity index (χ1n) is 11.1. The van der Waals surface area contributed by atoms with Crippen molar-refractivity contribution >= 4 is 23.3 Å². The third kappa shape index (κ3) is 9.81. The van der Waals surface area contributed by atoms with Gasteiger partial charge in [-0.1, -0.05) is 6.07 Å². The molecule has 38 heavy (non-hydrogen) atoms. The summed E-state index contributed by atoms with van der Waals surface area (Å²) in [7, 11) is 0. The fraction of sp³-hybridized carbons (Fsp3) is 0.545. The summed E-state index contributed by atoms with van der Waals surface area (Å²) in [4.78, 5) is 30.4. The monoisotopic (exact) mass is 573 g/mol. The Morgan fingerprint density at radius 1 is 1.13 bits per heavy atom. The zero-order valence-corrected chi connectivity index (χ0v) is 20.7. The smallest absolute Gasteiger partial charge is 0.475 e. The summed E-state index contributed by atoms with van der Waals surface area (Å²) in [6.45, 7) is 5.35. The predicted molar refractivity (Wildman–Crippen MR) is 120 cm³/mol. The molecule has 2 aliphatic rings. The van der Waals surface area contributed by atoms with Crippen molar-refractivity contribution in [2.75, 3.05) is 13.2 Å². The number of likely N-dealkylation sites (tertiary alicyclic amines) is 1. The summed E-state index contributed by atoms with van der Waals surface area (Å²) in [5.74, 6) is -5.51. The van der Waals surface area contributed by atoms with Gasteiger partial charge in [0.2, 0.25) is 0 Å². The number of halogens is 6. The van der Waals surface area contributed by atoms with Crippen LogP contribution in [0.5, 0.6) is 0 Å². The number of hydrogen-bond donors (Lipinski definition) is 2. The second kappa shape index (κ2) is 13.8. The van der Waals surface area contributed by atoms with Gasteiger partial charge in [0.25, 0.3) is 0 Å². The van der Waals surface area contributed by atoms with E-state index >= 15 is 0 Å². The lowest BCUT2D eigenvalue weighted by Gasteiger charge is -2.32. The second-order valence-corrected chi connectivity index (χ2v) is 9.05. The van der Waals surface area contributed by atoms with Gasteiger partial charge in [0, 0.05) is 36.8 Å². The van der Waals surface area contributed by atoms with Gasteiger partial charge in [-0.05, 0) is 31.9 Å². The van der Waals surface area contributed by atoms with Crippen molar-refractivity contribution in [2.45, 2.75) is 63.5 Å². The number of pyridine rings is 1. The number of aliphatic carboxylic acids is 2. The minimum Gasteiger partial charge on any atom is -0.475 e. The van der Waals surface area contributed by atoms with Gasteiger partial charge in [0.1, 0.15) is 6.10 Å². The highest BCUT2D eigenvalue weighted by Crippen LogP contribution is 2.33. The van der Waals surface area contributed by atoms with E-state index in [0.29, 0.717) is 12.6 Å². The Labute approximate surface area is 217 Å². The minimum atomic E-state index is -5.08. The first kappa shape index (κ1) is 31.4. The van der Waals surface area contributed by atoms with Crippen LogP contribution in [0, 0.1) is 6.92 Å². The van der Waals surface area contributed by atoms with Crippen molar-refractivity contribution in [3.8, 4) is 0 Å². The van der Waals surface area contributed by atoms with E-state index in [9.17, 15) is 26.3 Å². The Kier molecular flexibility index (Phi) is 11.4. The lowest BCUT2D eigenvalue weighted by Crippen LogP contribution is -2.41. The molecule has 0 saturated carbocycles. The molecule has 2 aliphatic heterocycles. The topological polar surface area (TPSA) is 122 Å². The van der Waals surface area contributed by atoms with Gasteiger partial charge in [0.15, 0.2) is 0 Å². The molecule has 2 fully saturated rings. The quantitative estimate of drug-likeness (QED) is 0.510. The summed E-state index contributed by atoms with van der Waals surface area (Å²) in [5.41, 5.74) is 4.05. The number of aromatic nitrogens is 2. The molecular formula is C22H25F6N3O6S. The summed E-state index contributed by atoms with van der Waals surface area (Å²) >= 11 is 1.74. The van der Waals surface area contributed by atoms with Gasteiger partial charge in [0.05, 0.1) is 29.6 Å². The third-order valence-electron chi connectivity index (χ3n) is 5.43. The van der Waals surface area contributed by atoms with E-state index in [-0.39, 0.29) is 12.2 Å². The van der Waals surface area contributed by atoms with E-state index in [4.69, 9.17) is 29.3 Å². The molecular weight excluding hydrogens is 548 g/mol. The number of alkyl halides is 6. The Hall–Kier alpha value is -2.82.